The fraction of sp³-hybridized carbons (Fsp3) is 0.775. The van der Waals surface area contributed by atoms with E-state index in [1.165, 1.54) is 74.3 Å². The molecule has 0 heterocycles. The fourth-order valence-corrected chi connectivity index (χ4v) is 37.8. The molecule has 11 heteroatoms. The van der Waals surface area contributed by atoms with Gasteiger partial charge in [-0.05, 0) is 217 Å². The van der Waals surface area contributed by atoms with Crippen molar-refractivity contribution in [3.63, 3.8) is 0 Å². The van der Waals surface area contributed by atoms with E-state index in [1.54, 1.807) is 178 Å². The number of halogens is 6. The Morgan fingerprint density at radius 2 is 0.604 bits per heavy atom. The van der Waals surface area contributed by atoms with E-state index in [2.05, 4.69) is 101 Å². The number of rotatable bonds is 9. The van der Waals surface area contributed by atoms with Gasteiger partial charge in [-0.3, -0.25) is 0 Å². The minimum absolute atomic E-state index is 0. The topological polar surface area (TPSA) is 0 Å². The molecule has 2 aromatic rings. The second kappa shape index (κ2) is 44.0. The SMILES string of the molecule is C1CCC2C(C1)CCC2CCC1CCC2CCCCC21.CC1CC2C(c3ccccc3)CCCC2C1[Si](C)(C)C1C(C)CC2C(c3ccccc3)CCCC21.C[Si](C)(C1CCC2CCCCC21)C1CCC2CCCCC21.[CH3-].[CH3-].[CH3-].[CH3-].[CH3-].[CH3-].[Cl][Zr+2][Cl].[Cl][Zr+2][Cl].[Cl][Zr+2][Cl]. The molecule has 0 aromatic heterocycles. The van der Waals surface area contributed by atoms with E-state index in [9.17, 15) is 0 Å². The third-order valence-electron chi connectivity index (χ3n) is 28.3. The van der Waals surface area contributed by atoms with Gasteiger partial charge in [0.15, 0.2) is 0 Å². The van der Waals surface area contributed by atoms with Crippen LogP contribution in [0.5, 0.6) is 0 Å². The van der Waals surface area contributed by atoms with Gasteiger partial charge in [0.25, 0.3) is 0 Å². The molecular weight excluding hydrogens is 1500 g/mol. The predicted octanol–water partition coefficient (Wildman–Crippen LogP) is 29.6. The Kier molecular flexibility index (Phi) is 42.8. The van der Waals surface area contributed by atoms with Crippen molar-refractivity contribution in [3.05, 3.63) is 116 Å². The molecule has 0 spiro atoms. The van der Waals surface area contributed by atoms with Crippen LogP contribution in [0.1, 0.15) is 255 Å². The Morgan fingerprint density at radius 3 is 0.945 bits per heavy atom. The molecular formula is C80H136Cl6Si2Zr3. The molecule has 22 atom stereocenters. The monoisotopic (exact) mass is 1630 g/mol. The van der Waals surface area contributed by atoms with E-state index < -0.39 is 78.7 Å². The van der Waals surface area contributed by atoms with Gasteiger partial charge in [0.05, 0.1) is 16.1 Å². The molecule has 22 unspecified atom stereocenters. The van der Waals surface area contributed by atoms with E-state index in [1.807, 2.05) is 0 Å². The van der Waals surface area contributed by atoms with Crippen LogP contribution in [0.4, 0.5) is 0 Å². The van der Waals surface area contributed by atoms with E-state index in [4.69, 9.17) is 51.1 Å². The van der Waals surface area contributed by atoms with Crippen molar-refractivity contribution >= 4 is 67.2 Å². The number of fused-ring (bicyclic) bond motifs is 6. The summed E-state index contributed by atoms with van der Waals surface area (Å²) in [5.74, 6) is 18.9. The number of benzene rings is 2. The van der Waals surface area contributed by atoms with Crippen molar-refractivity contribution in [2.75, 3.05) is 0 Å². The van der Waals surface area contributed by atoms with Crippen LogP contribution < -0.4 is 0 Å². The second-order valence-electron chi connectivity index (χ2n) is 32.3. The van der Waals surface area contributed by atoms with Crippen LogP contribution in [0.25, 0.3) is 0 Å². The van der Waals surface area contributed by atoms with Crippen molar-refractivity contribution in [1.29, 1.82) is 0 Å². The zero-order valence-corrected chi connectivity index (χ0v) is 74.2. The van der Waals surface area contributed by atoms with Crippen LogP contribution in [0.15, 0.2) is 60.7 Å². The number of hydrogen-bond donors (Lipinski definition) is 0. The summed E-state index contributed by atoms with van der Waals surface area (Å²) in [6.45, 7) is 16.7. The van der Waals surface area contributed by atoms with Gasteiger partial charge in [-0.2, -0.15) is 0 Å². The average Bonchev–Trinajstić information content (AvgIpc) is 1.61. The van der Waals surface area contributed by atoms with Crippen LogP contribution in [0.2, 0.25) is 48.4 Å². The third-order valence-corrected chi connectivity index (χ3v) is 39.0. The molecule has 12 aliphatic carbocycles. The van der Waals surface area contributed by atoms with Gasteiger partial charge in [0.2, 0.25) is 0 Å². The Labute approximate surface area is 625 Å². The molecule has 12 aliphatic rings. The molecule has 0 aliphatic heterocycles. The normalized spacial score (nSPS) is 37.7. The van der Waals surface area contributed by atoms with Crippen molar-refractivity contribution in [1.82, 2.24) is 0 Å². The number of hydrogen-bond acceptors (Lipinski definition) is 0. The molecule has 518 valence electrons. The summed E-state index contributed by atoms with van der Waals surface area (Å²) in [4.78, 5) is 0. The predicted molar refractivity (Wildman–Crippen MR) is 406 cm³/mol. The van der Waals surface area contributed by atoms with Crippen LogP contribution in [0, 0.1) is 139 Å². The summed E-state index contributed by atoms with van der Waals surface area (Å²) >= 11 is -2.48. The Hall–Kier alpha value is 3.26. The van der Waals surface area contributed by atoms with E-state index in [0.717, 1.165) is 106 Å². The first kappa shape index (κ1) is 88.5. The summed E-state index contributed by atoms with van der Waals surface area (Å²) in [7, 11) is 27.1. The van der Waals surface area contributed by atoms with Crippen molar-refractivity contribution in [2.24, 2.45) is 94.7 Å². The van der Waals surface area contributed by atoms with E-state index >= 15 is 0 Å². The summed E-state index contributed by atoms with van der Waals surface area (Å²) in [5.41, 5.74) is 7.75. The summed E-state index contributed by atoms with van der Waals surface area (Å²) in [6.07, 6.45) is 52.9. The van der Waals surface area contributed by atoms with Crippen LogP contribution in [-0.4, -0.2) is 16.1 Å². The Morgan fingerprint density at radius 1 is 0.319 bits per heavy atom. The minimum atomic E-state index is -1.44. The molecule has 0 amide bonds. The van der Waals surface area contributed by atoms with Gasteiger partial charge >= 0.3 is 114 Å². The first-order valence-electron chi connectivity index (χ1n) is 36.3. The second-order valence-corrected chi connectivity index (χ2v) is 53.6. The molecule has 0 N–H and O–H groups in total. The fourth-order valence-electron chi connectivity index (χ4n) is 25.6. The van der Waals surface area contributed by atoms with Crippen LogP contribution in [-0.2, 0) is 62.5 Å². The standard InChI is InChI=1S/C34H48Si.C20H36Si.C20H34.6CH3.6ClH.3Zr/c1-23-21-31-27(25-13-7-5-8-14-25)17-11-19-29(31)33(23)35(3,4)34-24(2)22-32-28(18-12-20-30(32)34)26-15-9-6-10-16-26;1-21(2,19-13-11-15-7-3-5-9-17(15)19)20-14-12-16-8-4-6-10-18(16)20;1-3-7-19-15(5-1)9-11-17(19)13-14-18-12-10-16-6-2-4-8-20(16)18;;;;;;;;;;;;;;;/h5-10,13-16,23-24,27-34H,11-12,17-22H2,1-4H3;15-20H,3-14H2,1-2H3;15-20H,1-14H2;6*1H3;6*1H;;;/q;;;6*-1;;;;;;;3*+4/p-6. The Balaban J connectivity index is 0.000000337. The molecule has 0 nitrogen and oxygen atoms in total. The van der Waals surface area contributed by atoms with Gasteiger partial charge in [-0.1, -0.05) is 242 Å². The van der Waals surface area contributed by atoms with Gasteiger partial charge < -0.3 is 44.6 Å². The quantitative estimate of drug-likeness (QED) is 0.173. The average molecular weight is 1640 g/mol. The first-order chi connectivity index (χ1) is 41.3. The van der Waals surface area contributed by atoms with Gasteiger partial charge in [-0.15, -0.1) is 0 Å². The van der Waals surface area contributed by atoms with Gasteiger partial charge in [0, 0.05) is 0 Å². The summed E-state index contributed by atoms with van der Waals surface area (Å²) < 4.78 is 0. The first-order valence-corrected chi connectivity index (χ1v) is 61.6. The maximum absolute atomic E-state index is 4.93. The zero-order valence-electron chi connectivity index (χ0n) is 60.3. The zero-order chi connectivity index (χ0) is 60.1. The third kappa shape index (κ3) is 21.9. The molecule has 12 fully saturated rings. The van der Waals surface area contributed by atoms with E-state index in [-0.39, 0.29) is 44.6 Å². The molecule has 14 rings (SSSR count). The van der Waals surface area contributed by atoms with Crippen molar-refractivity contribution < 1.29 is 62.5 Å². The molecule has 0 bridgehead atoms. The molecule has 91 heavy (non-hydrogen) atoms. The summed E-state index contributed by atoms with van der Waals surface area (Å²) in [6, 6.07) is 23.2. The van der Waals surface area contributed by atoms with Crippen LogP contribution >= 0.6 is 51.1 Å². The van der Waals surface area contributed by atoms with Crippen LogP contribution in [0.3, 0.4) is 0 Å². The molecule has 0 radical (unpaired) electrons. The van der Waals surface area contributed by atoms with Gasteiger partial charge in [0.1, 0.15) is 0 Å². The molecule has 2 aromatic carbocycles. The van der Waals surface area contributed by atoms with E-state index in [0.29, 0.717) is 0 Å². The maximum atomic E-state index is 4.93. The molecule has 12 saturated carbocycles. The summed E-state index contributed by atoms with van der Waals surface area (Å²) in [5, 5.41) is 0. The molecule has 0 saturated heterocycles. The Bertz CT molecular complexity index is 2060. The van der Waals surface area contributed by atoms with Crippen molar-refractivity contribution in [3.8, 4) is 0 Å². The van der Waals surface area contributed by atoms with Gasteiger partial charge in [-0.25, -0.2) is 0 Å². The van der Waals surface area contributed by atoms with Crippen molar-refractivity contribution in [2.45, 2.75) is 292 Å².